The fraction of sp³-hybridized carbons (Fsp3) is 0.444. The van der Waals surface area contributed by atoms with Crippen molar-refractivity contribution in [1.82, 2.24) is 19.4 Å². The van der Waals surface area contributed by atoms with Gasteiger partial charge < -0.3 is 29.2 Å². The summed E-state index contributed by atoms with van der Waals surface area (Å²) in [6.45, 7) is 9.46. The molecule has 0 aliphatic carbocycles. The maximum Gasteiger partial charge on any atom is 0.257 e. The highest BCUT2D eigenvalue weighted by molar-refractivity contribution is 5.97. The third-order valence-electron chi connectivity index (χ3n) is 8.80. The predicted octanol–water partition coefficient (Wildman–Crippen LogP) is 6.35. The highest BCUT2D eigenvalue weighted by atomic mass is 19.1. The number of aryl methyl sites for hydroxylation is 1. The topological polar surface area (TPSA) is 71.9 Å². The molecule has 0 radical (unpaired) electrons. The minimum atomic E-state index is -0.257. The zero-order valence-electron chi connectivity index (χ0n) is 27.0. The van der Waals surface area contributed by atoms with Crippen LogP contribution in [0.5, 0.6) is 5.75 Å². The molecule has 1 aliphatic heterocycles. The van der Waals surface area contributed by atoms with Gasteiger partial charge >= 0.3 is 0 Å². The van der Waals surface area contributed by atoms with Crippen molar-refractivity contribution in [1.29, 1.82) is 0 Å². The number of hydrogen-bond donors (Lipinski definition) is 1. The minimum absolute atomic E-state index is 0.0662. The molecule has 1 aromatic heterocycles. The smallest absolute Gasteiger partial charge is 0.257 e. The van der Waals surface area contributed by atoms with E-state index in [-0.39, 0.29) is 17.6 Å². The number of likely N-dealkylation sites (tertiary alicyclic amines) is 1. The first-order valence-corrected chi connectivity index (χ1v) is 16.0. The van der Waals surface area contributed by atoms with Gasteiger partial charge in [-0.1, -0.05) is 35.9 Å². The number of likely N-dealkylation sites (N-methyl/N-ethyl adjacent to an activating group) is 1. The first kappa shape index (κ1) is 32.4. The Morgan fingerprint density at radius 3 is 2.58 bits per heavy atom. The van der Waals surface area contributed by atoms with E-state index in [0.29, 0.717) is 37.1 Å². The van der Waals surface area contributed by atoms with Gasteiger partial charge in [0.15, 0.2) is 0 Å². The number of benzene rings is 3. The zero-order valence-corrected chi connectivity index (χ0v) is 27.0. The third kappa shape index (κ3) is 8.21. The molecular weight excluding hydrogens is 569 g/mol. The Morgan fingerprint density at radius 2 is 1.84 bits per heavy atom. The predicted molar refractivity (Wildman–Crippen MR) is 178 cm³/mol. The van der Waals surface area contributed by atoms with Crippen molar-refractivity contribution in [3.8, 4) is 5.75 Å². The van der Waals surface area contributed by atoms with Gasteiger partial charge in [-0.15, -0.1) is 0 Å². The van der Waals surface area contributed by atoms with Gasteiger partial charge in [-0.05, 0) is 81.6 Å². The van der Waals surface area contributed by atoms with Crippen LogP contribution in [0.4, 0.5) is 10.3 Å². The summed E-state index contributed by atoms with van der Waals surface area (Å²) in [6.07, 6.45) is 2.89. The standard InChI is InChI=1S/C36H46FN5O3/c1-5-45-23-22-42-33-9-7-6-8-32(33)39-36(42)38-30-17-20-41(21-18-30)19-16-28(27-11-13-29(37)14-12-27)25-40(3)35(43)31-24-26(2)10-15-34(31)44-4/h6-15,24,28,30H,5,16-23,25H2,1-4H3,(H,38,39). The molecule has 2 heterocycles. The van der Waals surface area contributed by atoms with Crippen LogP contribution in [0.25, 0.3) is 11.0 Å². The van der Waals surface area contributed by atoms with Crippen LogP contribution >= 0.6 is 0 Å². The minimum Gasteiger partial charge on any atom is -0.496 e. The molecule has 0 spiro atoms. The maximum absolute atomic E-state index is 13.8. The number of para-hydroxylation sites is 2. The Balaban J connectivity index is 1.20. The summed E-state index contributed by atoms with van der Waals surface area (Å²) in [5, 5.41) is 3.73. The number of piperidine rings is 1. The molecule has 1 fully saturated rings. The second-order valence-electron chi connectivity index (χ2n) is 12.0. The van der Waals surface area contributed by atoms with Gasteiger partial charge in [-0.2, -0.15) is 0 Å². The lowest BCUT2D eigenvalue weighted by molar-refractivity contribution is 0.0778. The summed E-state index contributed by atoms with van der Waals surface area (Å²) in [5.41, 5.74) is 4.70. The van der Waals surface area contributed by atoms with Crippen LogP contribution in [0.15, 0.2) is 66.7 Å². The molecule has 1 atom stereocenters. The molecule has 4 aromatic rings. The lowest BCUT2D eigenvalue weighted by atomic mass is 9.94. The largest absolute Gasteiger partial charge is 0.496 e. The van der Waals surface area contributed by atoms with Crippen molar-refractivity contribution >= 4 is 22.9 Å². The molecule has 1 unspecified atom stereocenters. The highest BCUT2D eigenvalue weighted by Gasteiger charge is 2.25. The van der Waals surface area contributed by atoms with Gasteiger partial charge in [-0.3, -0.25) is 4.79 Å². The van der Waals surface area contributed by atoms with E-state index in [0.717, 1.165) is 73.6 Å². The van der Waals surface area contributed by atoms with Crippen LogP contribution in [-0.2, 0) is 11.3 Å². The van der Waals surface area contributed by atoms with E-state index in [1.54, 1.807) is 12.0 Å². The van der Waals surface area contributed by atoms with E-state index in [4.69, 9.17) is 14.5 Å². The number of methoxy groups -OCH3 is 1. The third-order valence-corrected chi connectivity index (χ3v) is 8.80. The summed E-state index contributed by atoms with van der Waals surface area (Å²) >= 11 is 0. The summed E-state index contributed by atoms with van der Waals surface area (Å²) in [6, 6.07) is 20.9. The molecule has 8 nitrogen and oxygen atoms in total. The van der Waals surface area contributed by atoms with Crippen LogP contribution < -0.4 is 10.1 Å². The molecule has 1 aliphatic rings. The van der Waals surface area contributed by atoms with Gasteiger partial charge in [0, 0.05) is 51.8 Å². The van der Waals surface area contributed by atoms with Crippen LogP contribution in [0.2, 0.25) is 0 Å². The van der Waals surface area contributed by atoms with Crippen LogP contribution in [0.3, 0.4) is 0 Å². The van der Waals surface area contributed by atoms with Gasteiger partial charge in [0.2, 0.25) is 5.95 Å². The molecule has 5 rings (SSSR count). The highest BCUT2D eigenvalue weighted by Crippen LogP contribution is 2.27. The number of amides is 1. The lowest BCUT2D eigenvalue weighted by Gasteiger charge is -2.34. The van der Waals surface area contributed by atoms with Crippen molar-refractivity contribution in [3.05, 3.63) is 89.2 Å². The van der Waals surface area contributed by atoms with Crippen molar-refractivity contribution in [3.63, 3.8) is 0 Å². The Kier molecular flexibility index (Phi) is 11.1. The maximum atomic E-state index is 13.8. The number of carbonyl (C=O) groups is 1. The fourth-order valence-electron chi connectivity index (χ4n) is 6.24. The number of ether oxygens (including phenoxy) is 2. The van der Waals surface area contributed by atoms with Crippen LogP contribution in [0, 0.1) is 12.7 Å². The van der Waals surface area contributed by atoms with Crippen LogP contribution in [0.1, 0.15) is 53.6 Å². The average Bonchev–Trinajstić information content (AvgIpc) is 3.40. The van der Waals surface area contributed by atoms with Crippen molar-refractivity contribution in [2.45, 2.75) is 51.6 Å². The first-order chi connectivity index (χ1) is 21.9. The Hall–Kier alpha value is -3.95. The molecule has 240 valence electrons. The second kappa shape index (κ2) is 15.4. The van der Waals surface area contributed by atoms with Crippen LogP contribution in [-0.4, -0.2) is 84.9 Å². The Bertz CT molecular complexity index is 1550. The van der Waals surface area contributed by atoms with Crippen molar-refractivity contribution in [2.75, 3.05) is 58.9 Å². The van der Waals surface area contributed by atoms with Crippen molar-refractivity contribution in [2.24, 2.45) is 0 Å². The Labute approximate surface area is 266 Å². The number of nitrogens with one attached hydrogen (secondary N) is 1. The normalized spacial score (nSPS) is 14.9. The number of fused-ring (bicyclic) bond motifs is 1. The molecule has 9 heteroatoms. The SMILES string of the molecule is CCOCCn1c(NC2CCN(CCC(CN(C)C(=O)c3cc(C)ccc3OC)c3ccc(F)cc3)CC2)nc2ccccc21. The van der Waals surface area contributed by atoms with Gasteiger partial charge in [0.25, 0.3) is 5.91 Å². The van der Waals surface area contributed by atoms with Gasteiger partial charge in [0.05, 0.1) is 30.3 Å². The number of aromatic nitrogens is 2. The summed E-state index contributed by atoms with van der Waals surface area (Å²) in [5.74, 6) is 1.20. The number of imidazole rings is 1. The molecule has 3 aromatic carbocycles. The Morgan fingerprint density at radius 1 is 1.09 bits per heavy atom. The molecule has 1 N–H and O–H groups in total. The quantitative estimate of drug-likeness (QED) is 0.167. The second-order valence-corrected chi connectivity index (χ2v) is 12.0. The van der Waals surface area contributed by atoms with E-state index >= 15 is 0 Å². The van der Waals surface area contributed by atoms with E-state index in [1.165, 1.54) is 12.1 Å². The summed E-state index contributed by atoms with van der Waals surface area (Å²) in [7, 11) is 3.42. The van der Waals surface area contributed by atoms with E-state index < -0.39 is 0 Å². The summed E-state index contributed by atoms with van der Waals surface area (Å²) in [4.78, 5) is 22.7. The lowest BCUT2D eigenvalue weighted by Crippen LogP contribution is -2.40. The zero-order chi connectivity index (χ0) is 31.8. The summed E-state index contributed by atoms with van der Waals surface area (Å²) < 4.78 is 27.2. The van der Waals surface area contributed by atoms with E-state index in [2.05, 4.69) is 33.0 Å². The average molecular weight is 616 g/mol. The molecule has 0 bridgehead atoms. The fourth-order valence-corrected chi connectivity index (χ4v) is 6.24. The number of hydrogen-bond acceptors (Lipinski definition) is 6. The van der Waals surface area contributed by atoms with E-state index in [9.17, 15) is 9.18 Å². The molecule has 45 heavy (non-hydrogen) atoms. The number of nitrogens with zero attached hydrogens (tertiary/aromatic N) is 4. The first-order valence-electron chi connectivity index (χ1n) is 16.0. The monoisotopic (exact) mass is 615 g/mol. The number of rotatable bonds is 14. The van der Waals surface area contributed by atoms with Gasteiger partial charge in [-0.25, -0.2) is 9.37 Å². The molecule has 1 amide bonds. The van der Waals surface area contributed by atoms with Crippen molar-refractivity contribution < 1.29 is 18.7 Å². The molecule has 0 saturated carbocycles. The van der Waals surface area contributed by atoms with Gasteiger partial charge in [0.1, 0.15) is 11.6 Å². The number of carbonyl (C=O) groups excluding carboxylic acids is 1. The number of anilines is 1. The van der Waals surface area contributed by atoms with E-state index in [1.807, 2.05) is 57.3 Å². The molecule has 1 saturated heterocycles. The molecular formula is C36H46FN5O3. The number of halogens is 1.